The molecule has 4 heteroatoms. The van der Waals surface area contributed by atoms with Crippen molar-refractivity contribution in [3.63, 3.8) is 0 Å². The van der Waals surface area contributed by atoms with Crippen molar-refractivity contribution in [1.82, 2.24) is 0 Å². The topological polar surface area (TPSA) is 26.3 Å². The Morgan fingerprint density at radius 1 is 1.50 bits per heavy atom. The highest BCUT2D eigenvalue weighted by Gasteiger charge is 2.43. The number of ketones is 1. The molecular formula is C14H12Cl2O2. The number of hydrogen-bond acceptors (Lipinski definition) is 2. The first-order chi connectivity index (χ1) is 8.44. The Kier molecular flexibility index (Phi) is 3.31. The summed E-state index contributed by atoms with van der Waals surface area (Å²) >= 11 is 12.2. The molecule has 1 aromatic carbocycles. The number of hydrogen-bond donors (Lipinski definition) is 0. The molecule has 0 heterocycles. The normalized spacial score (nSPS) is 21.6. The molecule has 0 spiro atoms. The maximum Gasteiger partial charge on any atom is 0.171 e. The van der Waals surface area contributed by atoms with E-state index < -0.39 is 5.41 Å². The molecule has 2 nitrogen and oxygen atoms in total. The van der Waals surface area contributed by atoms with E-state index in [0.29, 0.717) is 24.2 Å². The van der Waals surface area contributed by atoms with Gasteiger partial charge in [0.2, 0.25) is 0 Å². The Bertz CT molecular complexity index is 572. The van der Waals surface area contributed by atoms with Crippen molar-refractivity contribution >= 4 is 29.0 Å². The minimum absolute atomic E-state index is 0.0370. The quantitative estimate of drug-likeness (QED) is 0.772. The van der Waals surface area contributed by atoms with Gasteiger partial charge in [-0.3, -0.25) is 4.79 Å². The molecule has 1 aliphatic carbocycles. The van der Waals surface area contributed by atoms with Crippen molar-refractivity contribution in [2.75, 3.05) is 7.11 Å². The van der Waals surface area contributed by atoms with Crippen LogP contribution in [0, 0.1) is 17.8 Å². The Hall–Kier alpha value is -1.17. The molecule has 0 bridgehead atoms. The summed E-state index contributed by atoms with van der Waals surface area (Å²) in [6.45, 7) is 1.85. The van der Waals surface area contributed by atoms with Crippen LogP contribution in [0.5, 0.6) is 5.75 Å². The van der Waals surface area contributed by atoms with Crippen LogP contribution in [-0.2, 0) is 6.42 Å². The Morgan fingerprint density at radius 3 is 2.72 bits per heavy atom. The summed E-state index contributed by atoms with van der Waals surface area (Å²) < 4.78 is 5.15. The van der Waals surface area contributed by atoms with Crippen LogP contribution in [0.15, 0.2) is 6.07 Å². The summed E-state index contributed by atoms with van der Waals surface area (Å²) in [4.78, 5) is 12.4. The van der Waals surface area contributed by atoms with E-state index in [4.69, 9.17) is 34.4 Å². The van der Waals surface area contributed by atoms with Gasteiger partial charge in [0.05, 0.1) is 12.1 Å². The van der Waals surface area contributed by atoms with Gasteiger partial charge in [-0.1, -0.05) is 30.1 Å². The van der Waals surface area contributed by atoms with Crippen molar-refractivity contribution in [3.8, 4) is 18.1 Å². The van der Waals surface area contributed by atoms with E-state index >= 15 is 0 Å². The number of terminal acetylenes is 1. The fourth-order valence-electron chi connectivity index (χ4n) is 2.36. The monoisotopic (exact) mass is 282 g/mol. The van der Waals surface area contributed by atoms with Crippen LogP contribution in [0.25, 0.3) is 0 Å². The minimum atomic E-state index is -0.587. The standard InChI is InChI=1S/C14H12Cl2O2/c1-4-5-14(2)7-8-6-9(18-3)11(15)12(16)10(8)13(14)17/h1,6H,5,7H2,2-3H3. The SMILES string of the molecule is C#CCC1(C)Cc2cc(OC)c(Cl)c(Cl)c2C1=O. The zero-order valence-electron chi connectivity index (χ0n) is 10.1. The van der Waals surface area contributed by atoms with Crippen LogP contribution in [0.2, 0.25) is 10.0 Å². The van der Waals surface area contributed by atoms with Crippen molar-refractivity contribution in [2.24, 2.45) is 5.41 Å². The second kappa shape index (κ2) is 4.50. The van der Waals surface area contributed by atoms with Gasteiger partial charge in [0.1, 0.15) is 10.8 Å². The van der Waals surface area contributed by atoms with Gasteiger partial charge >= 0.3 is 0 Å². The molecule has 0 saturated heterocycles. The van der Waals surface area contributed by atoms with Gasteiger partial charge in [-0.15, -0.1) is 12.3 Å². The minimum Gasteiger partial charge on any atom is -0.495 e. The molecule has 0 aromatic heterocycles. The number of fused-ring (bicyclic) bond motifs is 1. The summed E-state index contributed by atoms with van der Waals surface area (Å²) in [6, 6.07) is 1.77. The molecule has 18 heavy (non-hydrogen) atoms. The first kappa shape index (κ1) is 13.3. The van der Waals surface area contributed by atoms with Crippen LogP contribution in [0.1, 0.15) is 29.3 Å². The zero-order chi connectivity index (χ0) is 13.5. The van der Waals surface area contributed by atoms with E-state index in [2.05, 4.69) is 5.92 Å². The van der Waals surface area contributed by atoms with Crippen LogP contribution in [0.3, 0.4) is 0 Å². The number of halogens is 2. The Morgan fingerprint density at radius 2 is 2.17 bits per heavy atom. The second-order valence-corrected chi connectivity index (χ2v) is 5.44. The lowest BCUT2D eigenvalue weighted by Crippen LogP contribution is -2.23. The highest BCUT2D eigenvalue weighted by Crippen LogP contribution is 2.47. The van der Waals surface area contributed by atoms with Crippen molar-refractivity contribution in [2.45, 2.75) is 19.8 Å². The molecule has 0 N–H and O–H groups in total. The fourth-order valence-corrected chi connectivity index (χ4v) is 2.88. The maximum atomic E-state index is 12.4. The van der Waals surface area contributed by atoms with Gasteiger partial charge in [-0.2, -0.15) is 0 Å². The molecule has 1 aliphatic rings. The zero-order valence-corrected chi connectivity index (χ0v) is 11.7. The largest absolute Gasteiger partial charge is 0.495 e. The van der Waals surface area contributed by atoms with E-state index in [1.165, 1.54) is 7.11 Å². The fraction of sp³-hybridized carbons (Fsp3) is 0.357. The van der Waals surface area contributed by atoms with Crippen molar-refractivity contribution in [3.05, 3.63) is 27.2 Å². The maximum absolute atomic E-state index is 12.4. The van der Waals surface area contributed by atoms with Crippen LogP contribution in [-0.4, -0.2) is 12.9 Å². The second-order valence-electron chi connectivity index (χ2n) is 4.69. The van der Waals surface area contributed by atoms with Crippen LogP contribution < -0.4 is 4.74 Å². The Labute approximate surface area is 116 Å². The molecule has 1 atom stereocenters. The van der Waals surface area contributed by atoms with Gasteiger partial charge in [0.15, 0.2) is 5.78 Å². The summed E-state index contributed by atoms with van der Waals surface area (Å²) in [5.74, 6) is 3.00. The molecule has 0 amide bonds. The first-order valence-corrected chi connectivity index (χ1v) is 6.23. The average molecular weight is 283 g/mol. The summed E-state index contributed by atoms with van der Waals surface area (Å²) in [7, 11) is 1.52. The van der Waals surface area contributed by atoms with Crippen LogP contribution >= 0.6 is 23.2 Å². The molecule has 0 aliphatic heterocycles. The number of benzene rings is 1. The van der Waals surface area contributed by atoms with Gasteiger partial charge in [-0.05, 0) is 18.1 Å². The molecule has 1 aromatic rings. The number of carbonyl (C=O) groups excluding carboxylic acids is 1. The molecular weight excluding hydrogens is 271 g/mol. The number of Topliss-reactive ketones (excluding diaryl/α,β-unsaturated/α-hetero) is 1. The third kappa shape index (κ3) is 1.79. The van der Waals surface area contributed by atoms with Gasteiger partial charge in [0, 0.05) is 17.4 Å². The predicted molar refractivity (Wildman–Crippen MR) is 72.6 cm³/mol. The highest BCUT2D eigenvalue weighted by atomic mass is 35.5. The first-order valence-electron chi connectivity index (χ1n) is 5.47. The van der Waals surface area contributed by atoms with E-state index in [9.17, 15) is 4.79 Å². The van der Waals surface area contributed by atoms with Gasteiger partial charge < -0.3 is 4.74 Å². The van der Waals surface area contributed by atoms with E-state index in [1.54, 1.807) is 6.07 Å². The summed E-state index contributed by atoms with van der Waals surface area (Å²) in [5, 5.41) is 0.535. The highest BCUT2D eigenvalue weighted by molar-refractivity contribution is 6.45. The molecule has 0 fully saturated rings. The average Bonchev–Trinajstić information content (AvgIpc) is 2.57. The third-order valence-electron chi connectivity index (χ3n) is 3.32. The molecule has 0 radical (unpaired) electrons. The van der Waals surface area contributed by atoms with Crippen LogP contribution in [0.4, 0.5) is 0 Å². The van der Waals surface area contributed by atoms with Gasteiger partial charge in [-0.25, -0.2) is 0 Å². The lowest BCUT2D eigenvalue weighted by molar-refractivity contribution is 0.0848. The van der Waals surface area contributed by atoms with Crippen molar-refractivity contribution in [1.29, 1.82) is 0 Å². The predicted octanol–water partition coefficient (Wildman–Crippen LogP) is 3.77. The third-order valence-corrected chi connectivity index (χ3v) is 4.17. The molecule has 94 valence electrons. The van der Waals surface area contributed by atoms with E-state index in [-0.39, 0.29) is 15.8 Å². The van der Waals surface area contributed by atoms with E-state index in [0.717, 1.165) is 5.56 Å². The smallest absolute Gasteiger partial charge is 0.171 e. The lowest BCUT2D eigenvalue weighted by atomic mass is 9.83. The Balaban J connectivity index is 2.60. The molecule has 1 unspecified atom stereocenters. The van der Waals surface area contributed by atoms with Gasteiger partial charge in [0.25, 0.3) is 0 Å². The lowest BCUT2D eigenvalue weighted by Gasteiger charge is -2.17. The van der Waals surface area contributed by atoms with E-state index in [1.807, 2.05) is 6.92 Å². The number of carbonyl (C=O) groups is 1. The molecule has 2 rings (SSSR count). The molecule has 0 saturated carbocycles. The summed E-state index contributed by atoms with van der Waals surface area (Å²) in [5.41, 5.74) is 0.750. The summed E-state index contributed by atoms with van der Waals surface area (Å²) in [6.07, 6.45) is 6.28. The van der Waals surface area contributed by atoms with Crippen molar-refractivity contribution < 1.29 is 9.53 Å². The number of rotatable bonds is 2. The number of methoxy groups -OCH3 is 1. The number of ether oxygens (including phenoxy) is 1.